The summed E-state index contributed by atoms with van der Waals surface area (Å²) in [6, 6.07) is 0. The van der Waals surface area contributed by atoms with E-state index in [0.29, 0.717) is 19.3 Å². The molecule has 0 amide bonds. The molecular weight excluding hydrogens is 1020 g/mol. The van der Waals surface area contributed by atoms with Crippen LogP contribution in [0, 0.1) is 0 Å². The van der Waals surface area contributed by atoms with Gasteiger partial charge in [0.2, 0.25) is 0 Å². The molecule has 0 spiro atoms. The average Bonchev–Trinajstić information content (AvgIpc) is 3.49. The number of esters is 3. The Kier molecular flexibility index (Phi) is 67.7. The fraction of sp³-hybridized carbons (Fsp3) is 0.753. The highest BCUT2D eigenvalue weighted by Crippen LogP contribution is 2.17. The summed E-state index contributed by atoms with van der Waals surface area (Å²) in [6.45, 7) is 6.49. The van der Waals surface area contributed by atoms with Gasteiger partial charge >= 0.3 is 17.9 Å². The first-order valence-corrected chi connectivity index (χ1v) is 35.7. The first-order valence-electron chi connectivity index (χ1n) is 35.7. The summed E-state index contributed by atoms with van der Waals surface area (Å²) in [7, 11) is 0. The lowest BCUT2D eigenvalue weighted by Gasteiger charge is -2.18. The Hall–Kier alpha value is -3.67. The van der Waals surface area contributed by atoms with Crippen molar-refractivity contribution in [1.29, 1.82) is 0 Å². The maximum atomic E-state index is 13.0. The standard InChI is InChI=1S/C77H134O6/c1-4-7-10-13-16-19-22-25-27-29-31-33-35-37-38-40-41-43-45-47-49-52-55-58-61-64-67-70-76(79)82-73-74(72-81-75(78)69-66-63-60-57-54-51-24-21-18-15-12-9-6-3)83-77(80)71-68-65-62-59-56-53-50-48-46-44-42-39-36-34-32-30-28-26-23-20-17-14-11-8-5-2/h9,12,18,21-22,25,29-32,35,37,51,54,60,63,74H,4-8,10-11,13-17,19-20,23-24,26-28,33-34,36,38-50,52-53,55-59,61-62,64-73H2,1-3H3/b12-9-,21-18-,25-22-,31-29-,32-30-,37-35-,54-51-,63-60-. The molecule has 0 fully saturated rings. The van der Waals surface area contributed by atoms with Crippen molar-refractivity contribution in [2.45, 2.75) is 361 Å². The predicted octanol–water partition coefficient (Wildman–Crippen LogP) is 24.8. The number of ether oxygens (including phenoxy) is 3. The Morgan fingerprint density at radius 3 is 0.819 bits per heavy atom. The zero-order valence-corrected chi connectivity index (χ0v) is 54.9. The second-order valence-electron chi connectivity index (χ2n) is 23.8. The molecule has 1 atom stereocenters. The Labute approximate surface area is 515 Å². The molecule has 1 unspecified atom stereocenters. The highest BCUT2D eigenvalue weighted by Gasteiger charge is 2.19. The topological polar surface area (TPSA) is 78.9 Å². The van der Waals surface area contributed by atoms with E-state index in [1.807, 2.05) is 6.08 Å². The van der Waals surface area contributed by atoms with Gasteiger partial charge in [0.05, 0.1) is 0 Å². The minimum Gasteiger partial charge on any atom is -0.462 e. The highest BCUT2D eigenvalue weighted by molar-refractivity contribution is 5.71. The van der Waals surface area contributed by atoms with Crippen molar-refractivity contribution < 1.29 is 28.6 Å². The zero-order chi connectivity index (χ0) is 59.9. The summed E-state index contributed by atoms with van der Waals surface area (Å²) < 4.78 is 16.9. The predicted molar refractivity (Wildman–Crippen MR) is 362 cm³/mol. The quantitative estimate of drug-likeness (QED) is 0.0261. The Balaban J connectivity index is 4.29. The van der Waals surface area contributed by atoms with E-state index in [1.165, 1.54) is 231 Å². The van der Waals surface area contributed by atoms with Crippen molar-refractivity contribution in [3.63, 3.8) is 0 Å². The highest BCUT2D eigenvalue weighted by atomic mass is 16.6. The van der Waals surface area contributed by atoms with E-state index in [1.54, 1.807) is 0 Å². The molecule has 0 saturated heterocycles. The summed E-state index contributed by atoms with van der Waals surface area (Å²) in [5.74, 6) is -0.971. The molecule has 6 nitrogen and oxygen atoms in total. The Bertz CT molecular complexity index is 1610. The number of rotatable bonds is 65. The maximum Gasteiger partial charge on any atom is 0.306 e. The molecule has 0 saturated carbocycles. The molecule has 0 aromatic heterocycles. The molecule has 0 rings (SSSR count). The molecule has 0 heterocycles. The van der Waals surface area contributed by atoms with Gasteiger partial charge in [0.15, 0.2) is 6.10 Å². The summed E-state index contributed by atoms with van der Waals surface area (Å²) >= 11 is 0. The SMILES string of the molecule is CC/C=C\C/C=C\C/C=C\C/C=C\CCC(=O)OCC(COC(=O)CCCCCCCCCCCCCC/C=C\C/C=C\C/C=C\CCCCCCC)OC(=O)CCCCCCCCCCCCCCC/C=C\CCCCCCCCCC. The first kappa shape index (κ1) is 79.3. The fourth-order valence-electron chi connectivity index (χ4n) is 10.2. The smallest absolute Gasteiger partial charge is 0.306 e. The van der Waals surface area contributed by atoms with Gasteiger partial charge in [-0.15, -0.1) is 0 Å². The lowest BCUT2D eigenvalue weighted by molar-refractivity contribution is -0.166. The van der Waals surface area contributed by atoms with Crippen LogP contribution in [0.25, 0.3) is 0 Å². The van der Waals surface area contributed by atoms with Crippen molar-refractivity contribution in [3.8, 4) is 0 Å². The second kappa shape index (κ2) is 70.8. The van der Waals surface area contributed by atoms with Crippen LogP contribution in [0.4, 0.5) is 0 Å². The number of unbranched alkanes of at least 4 members (excludes halogenated alkanes) is 38. The van der Waals surface area contributed by atoms with Crippen LogP contribution in [-0.2, 0) is 28.6 Å². The van der Waals surface area contributed by atoms with Crippen molar-refractivity contribution in [3.05, 3.63) is 97.2 Å². The number of hydrogen-bond donors (Lipinski definition) is 0. The van der Waals surface area contributed by atoms with Crippen LogP contribution in [0.1, 0.15) is 355 Å². The third-order valence-corrected chi connectivity index (χ3v) is 15.6. The minimum atomic E-state index is -0.809. The van der Waals surface area contributed by atoms with Crippen LogP contribution >= 0.6 is 0 Å². The van der Waals surface area contributed by atoms with E-state index in [9.17, 15) is 14.4 Å². The van der Waals surface area contributed by atoms with Crippen molar-refractivity contribution >= 4 is 17.9 Å². The van der Waals surface area contributed by atoms with Gasteiger partial charge in [-0.3, -0.25) is 14.4 Å². The average molecular weight is 1160 g/mol. The summed E-state index contributed by atoms with van der Waals surface area (Å²) in [5, 5.41) is 0. The monoisotopic (exact) mass is 1160 g/mol. The molecule has 6 heteroatoms. The third kappa shape index (κ3) is 69.0. The van der Waals surface area contributed by atoms with Crippen molar-refractivity contribution in [2.24, 2.45) is 0 Å². The summed E-state index contributed by atoms with van der Waals surface area (Å²) in [6.07, 6.45) is 96.0. The van der Waals surface area contributed by atoms with Gasteiger partial charge in [-0.2, -0.15) is 0 Å². The molecule has 0 radical (unpaired) electrons. The molecule has 0 aliphatic rings. The minimum absolute atomic E-state index is 0.0987. The second-order valence-corrected chi connectivity index (χ2v) is 23.8. The Morgan fingerprint density at radius 2 is 0.494 bits per heavy atom. The van der Waals surface area contributed by atoms with Gasteiger partial charge in [-0.05, 0) is 109 Å². The fourth-order valence-corrected chi connectivity index (χ4v) is 10.2. The molecule has 0 aliphatic heterocycles. The summed E-state index contributed by atoms with van der Waals surface area (Å²) in [5.41, 5.74) is 0. The normalized spacial score (nSPS) is 12.7. The van der Waals surface area contributed by atoms with Crippen LogP contribution < -0.4 is 0 Å². The van der Waals surface area contributed by atoms with E-state index in [4.69, 9.17) is 14.2 Å². The molecule has 0 bridgehead atoms. The molecular formula is C77H134O6. The molecule has 478 valence electrons. The van der Waals surface area contributed by atoms with Crippen molar-refractivity contribution in [1.82, 2.24) is 0 Å². The van der Waals surface area contributed by atoms with Gasteiger partial charge in [-0.25, -0.2) is 0 Å². The molecule has 0 N–H and O–H groups in total. The first-order chi connectivity index (χ1) is 41.0. The lowest BCUT2D eigenvalue weighted by Crippen LogP contribution is -2.30. The largest absolute Gasteiger partial charge is 0.462 e. The number of allylic oxidation sites excluding steroid dienone is 16. The van der Waals surface area contributed by atoms with Crippen LogP contribution in [0.3, 0.4) is 0 Å². The number of carbonyl (C=O) groups excluding carboxylic acids is 3. The van der Waals surface area contributed by atoms with Crippen LogP contribution in [0.15, 0.2) is 97.2 Å². The van der Waals surface area contributed by atoms with Gasteiger partial charge < -0.3 is 14.2 Å². The number of hydrogen-bond acceptors (Lipinski definition) is 6. The van der Waals surface area contributed by atoms with E-state index in [-0.39, 0.29) is 37.5 Å². The van der Waals surface area contributed by atoms with Gasteiger partial charge in [0, 0.05) is 19.3 Å². The van der Waals surface area contributed by atoms with E-state index in [0.717, 1.165) is 77.0 Å². The maximum absolute atomic E-state index is 13.0. The summed E-state index contributed by atoms with van der Waals surface area (Å²) in [4.78, 5) is 38.4. The Morgan fingerprint density at radius 1 is 0.253 bits per heavy atom. The van der Waals surface area contributed by atoms with E-state index in [2.05, 4.69) is 112 Å². The third-order valence-electron chi connectivity index (χ3n) is 15.6. The molecule has 0 aromatic carbocycles. The molecule has 0 aromatic rings. The van der Waals surface area contributed by atoms with E-state index >= 15 is 0 Å². The zero-order valence-electron chi connectivity index (χ0n) is 54.9. The van der Waals surface area contributed by atoms with Crippen LogP contribution in [-0.4, -0.2) is 37.2 Å². The lowest BCUT2D eigenvalue weighted by atomic mass is 10.0. The van der Waals surface area contributed by atoms with Gasteiger partial charge in [-0.1, -0.05) is 323 Å². The molecule has 0 aliphatic carbocycles. The van der Waals surface area contributed by atoms with Gasteiger partial charge in [0.25, 0.3) is 0 Å². The van der Waals surface area contributed by atoms with Crippen LogP contribution in [0.5, 0.6) is 0 Å². The molecule has 83 heavy (non-hydrogen) atoms. The van der Waals surface area contributed by atoms with Crippen molar-refractivity contribution in [2.75, 3.05) is 13.2 Å². The van der Waals surface area contributed by atoms with Gasteiger partial charge in [0.1, 0.15) is 13.2 Å². The van der Waals surface area contributed by atoms with Crippen LogP contribution in [0.2, 0.25) is 0 Å². The number of carbonyl (C=O) groups is 3. The van der Waals surface area contributed by atoms with E-state index < -0.39 is 6.10 Å².